The number of para-hydroxylation sites is 2. The normalized spacial score (nSPS) is 11.6. The second-order valence-corrected chi connectivity index (χ2v) is 15.2. The summed E-state index contributed by atoms with van der Waals surface area (Å²) >= 11 is 1.89. The van der Waals surface area contributed by atoms with Crippen molar-refractivity contribution < 1.29 is 0 Å². The standard InChI is InChI=1S/C52H34N2S/c1-2-12-35(13-3-1)36-24-27-40(28-25-36)53(43-29-31-47-48-30-26-37-14-4-5-19-44(37)52(48)55-51(47)34-43)41-17-10-15-38(32-41)39-16-11-18-42(33-39)54-49-22-8-6-20-45(49)46-21-7-9-23-50(46)54/h1-34H. The maximum absolute atomic E-state index is 2.40. The molecule has 0 saturated carbocycles. The summed E-state index contributed by atoms with van der Waals surface area (Å²) in [6.45, 7) is 0. The van der Waals surface area contributed by atoms with E-state index in [-0.39, 0.29) is 0 Å². The Morgan fingerprint density at radius 3 is 1.71 bits per heavy atom. The molecule has 0 N–H and O–H groups in total. The average molecular weight is 719 g/mol. The van der Waals surface area contributed by atoms with Crippen molar-refractivity contribution in [3.05, 3.63) is 206 Å². The monoisotopic (exact) mass is 718 g/mol. The fourth-order valence-corrected chi connectivity index (χ4v) is 9.63. The van der Waals surface area contributed by atoms with Gasteiger partial charge in [0.05, 0.1) is 11.0 Å². The van der Waals surface area contributed by atoms with E-state index in [1.54, 1.807) is 0 Å². The Bertz CT molecular complexity index is 3150. The third-order valence-corrected chi connectivity index (χ3v) is 12.2. The Hall–Kier alpha value is -6.94. The van der Waals surface area contributed by atoms with E-state index >= 15 is 0 Å². The molecule has 11 rings (SSSR count). The van der Waals surface area contributed by atoms with Crippen molar-refractivity contribution in [3.63, 3.8) is 0 Å². The molecular weight excluding hydrogens is 685 g/mol. The predicted octanol–water partition coefficient (Wildman–Crippen LogP) is 15.1. The van der Waals surface area contributed by atoms with Gasteiger partial charge in [-0.15, -0.1) is 11.3 Å². The minimum atomic E-state index is 1.11. The van der Waals surface area contributed by atoms with Gasteiger partial charge in [0.15, 0.2) is 0 Å². The van der Waals surface area contributed by atoms with Crippen LogP contribution in [-0.2, 0) is 0 Å². The highest BCUT2D eigenvalue weighted by molar-refractivity contribution is 7.26. The molecule has 2 aromatic heterocycles. The molecule has 0 radical (unpaired) electrons. The first kappa shape index (κ1) is 31.6. The molecule has 0 aliphatic rings. The van der Waals surface area contributed by atoms with Crippen LogP contribution in [0.25, 0.3) is 80.7 Å². The van der Waals surface area contributed by atoms with Gasteiger partial charge in [0.1, 0.15) is 0 Å². The van der Waals surface area contributed by atoms with E-state index in [1.807, 2.05) is 11.3 Å². The van der Waals surface area contributed by atoms with Gasteiger partial charge in [-0.1, -0.05) is 146 Å². The van der Waals surface area contributed by atoms with Crippen LogP contribution in [0.4, 0.5) is 17.1 Å². The summed E-state index contributed by atoms with van der Waals surface area (Å²) in [5, 5.41) is 7.73. The summed E-state index contributed by atoms with van der Waals surface area (Å²) in [7, 11) is 0. The van der Waals surface area contributed by atoms with Crippen LogP contribution in [0.1, 0.15) is 0 Å². The van der Waals surface area contributed by atoms with Crippen LogP contribution in [0.15, 0.2) is 206 Å². The molecule has 0 amide bonds. The summed E-state index contributed by atoms with van der Waals surface area (Å²) in [6, 6.07) is 75.1. The zero-order valence-corrected chi connectivity index (χ0v) is 30.7. The number of fused-ring (bicyclic) bond motifs is 8. The predicted molar refractivity (Wildman–Crippen MR) is 237 cm³/mol. The van der Waals surface area contributed by atoms with Gasteiger partial charge in [0, 0.05) is 53.7 Å². The number of aromatic nitrogens is 1. The van der Waals surface area contributed by atoms with Gasteiger partial charge in [-0.2, -0.15) is 0 Å². The quantitative estimate of drug-likeness (QED) is 0.166. The molecule has 258 valence electrons. The van der Waals surface area contributed by atoms with Crippen LogP contribution < -0.4 is 4.90 Å². The van der Waals surface area contributed by atoms with E-state index < -0.39 is 0 Å². The third kappa shape index (κ3) is 5.32. The van der Waals surface area contributed by atoms with E-state index in [0.717, 1.165) is 22.7 Å². The summed E-state index contributed by atoms with van der Waals surface area (Å²) in [5.41, 5.74) is 11.7. The number of hydrogen-bond acceptors (Lipinski definition) is 2. The second-order valence-electron chi connectivity index (χ2n) is 14.2. The van der Waals surface area contributed by atoms with Crippen molar-refractivity contribution in [1.29, 1.82) is 0 Å². The van der Waals surface area contributed by atoms with Crippen molar-refractivity contribution in [2.45, 2.75) is 0 Å². The molecule has 0 fully saturated rings. The molecular formula is C52H34N2S. The largest absolute Gasteiger partial charge is 0.310 e. The molecule has 55 heavy (non-hydrogen) atoms. The Balaban J connectivity index is 1.05. The molecule has 2 nitrogen and oxygen atoms in total. The van der Waals surface area contributed by atoms with Crippen LogP contribution in [0.5, 0.6) is 0 Å². The molecule has 3 heteroatoms. The Kier molecular flexibility index (Phi) is 7.39. The smallest absolute Gasteiger partial charge is 0.0541 e. The second kappa shape index (κ2) is 12.9. The van der Waals surface area contributed by atoms with E-state index in [1.165, 1.54) is 75.0 Å². The van der Waals surface area contributed by atoms with Gasteiger partial charge in [-0.05, 0) is 93.7 Å². The topological polar surface area (TPSA) is 8.17 Å². The molecule has 9 aromatic carbocycles. The highest BCUT2D eigenvalue weighted by Crippen LogP contribution is 2.44. The lowest BCUT2D eigenvalue weighted by atomic mass is 10.0. The molecule has 2 heterocycles. The molecule has 0 bridgehead atoms. The number of benzene rings is 9. The molecule has 0 aliphatic carbocycles. The van der Waals surface area contributed by atoms with Crippen molar-refractivity contribution in [2.75, 3.05) is 4.90 Å². The first-order chi connectivity index (χ1) is 27.3. The average Bonchev–Trinajstić information content (AvgIpc) is 3.80. The van der Waals surface area contributed by atoms with Gasteiger partial charge in [0.2, 0.25) is 0 Å². The third-order valence-electron chi connectivity index (χ3n) is 11.0. The molecule has 0 saturated heterocycles. The number of rotatable bonds is 6. The summed E-state index contributed by atoms with van der Waals surface area (Å²) < 4.78 is 5.01. The summed E-state index contributed by atoms with van der Waals surface area (Å²) in [6.07, 6.45) is 0. The van der Waals surface area contributed by atoms with Crippen LogP contribution in [0.2, 0.25) is 0 Å². The van der Waals surface area contributed by atoms with Crippen molar-refractivity contribution in [2.24, 2.45) is 0 Å². The SMILES string of the molecule is c1ccc(-c2ccc(N(c3cccc(-c4cccc(-n5c6ccccc6c6ccccc65)c4)c3)c3ccc4c(c3)sc3c5ccccc5ccc43)cc2)cc1. The summed E-state index contributed by atoms with van der Waals surface area (Å²) in [5.74, 6) is 0. The van der Waals surface area contributed by atoms with Gasteiger partial charge in [-0.25, -0.2) is 0 Å². The minimum absolute atomic E-state index is 1.11. The number of hydrogen-bond donors (Lipinski definition) is 0. The van der Waals surface area contributed by atoms with Crippen molar-refractivity contribution >= 4 is 81.1 Å². The zero-order valence-electron chi connectivity index (χ0n) is 29.9. The fraction of sp³-hybridized carbons (Fsp3) is 0. The summed E-state index contributed by atoms with van der Waals surface area (Å²) in [4.78, 5) is 2.40. The maximum atomic E-state index is 2.40. The van der Waals surface area contributed by atoms with E-state index in [4.69, 9.17) is 0 Å². The van der Waals surface area contributed by atoms with Gasteiger partial charge < -0.3 is 9.47 Å². The first-order valence-corrected chi connectivity index (χ1v) is 19.6. The van der Waals surface area contributed by atoms with Crippen LogP contribution in [-0.4, -0.2) is 4.57 Å². The van der Waals surface area contributed by atoms with E-state index in [9.17, 15) is 0 Å². The number of nitrogens with zero attached hydrogens (tertiary/aromatic N) is 2. The number of thiophene rings is 1. The first-order valence-electron chi connectivity index (χ1n) is 18.8. The van der Waals surface area contributed by atoms with Crippen molar-refractivity contribution in [1.82, 2.24) is 4.57 Å². The van der Waals surface area contributed by atoms with Gasteiger partial charge in [0.25, 0.3) is 0 Å². The van der Waals surface area contributed by atoms with E-state index in [2.05, 4.69) is 216 Å². The Morgan fingerprint density at radius 2 is 0.927 bits per heavy atom. The lowest BCUT2D eigenvalue weighted by Crippen LogP contribution is -2.10. The molecule has 0 atom stereocenters. The highest BCUT2D eigenvalue weighted by Gasteiger charge is 2.18. The molecule has 0 spiro atoms. The molecule has 0 unspecified atom stereocenters. The molecule has 11 aromatic rings. The lowest BCUT2D eigenvalue weighted by molar-refractivity contribution is 1.18. The Morgan fingerprint density at radius 1 is 0.345 bits per heavy atom. The fourth-order valence-electron chi connectivity index (χ4n) is 8.36. The van der Waals surface area contributed by atoms with Gasteiger partial charge >= 0.3 is 0 Å². The van der Waals surface area contributed by atoms with Gasteiger partial charge in [-0.3, -0.25) is 0 Å². The zero-order chi connectivity index (χ0) is 36.3. The van der Waals surface area contributed by atoms with Crippen LogP contribution in [0, 0.1) is 0 Å². The Labute approximate surface area is 323 Å². The number of anilines is 3. The highest BCUT2D eigenvalue weighted by atomic mass is 32.1. The molecule has 0 aliphatic heterocycles. The van der Waals surface area contributed by atoms with Crippen molar-refractivity contribution in [3.8, 4) is 27.9 Å². The minimum Gasteiger partial charge on any atom is -0.310 e. The maximum Gasteiger partial charge on any atom is 0.0541 e. The lowest BCUT2D eigenvalue weighted by Gasteiger charge is -2.26. The van der Waals surface area contributed by atoms with E-state index in [0.29, 0.717) is 0 Å². The van der Waals surface area contributed by atoms with Crippen LogP contribution >= 0.6 is 11.3 Å². The van der Waals surface area contributed by atoms with Crippen LogP contribution in [0.3, 0.4) is 0 Å².